The molecule has 0 saturated heterocycles. The van der Waals surface area contributed by atoms with Gasteiger partial charge in [0.05, 0.1) is 16.2 Å². The average Bonchev–Trinajstić information content (AvgIpc) is 2.60. The zero-order valence-corrected chi connectivity index (χ0v) is 12.2. The molecule has 2 rings (SSSR count). The van der Waals surface area contributed by atoms with Crippen molar-refractivity contribution in [2.24, 2.45) is 0 Å². The molecule has 0 aliphatic carbocycles. The molecule has 0 fully saturated rings. The molecule has 0 bridgehead atoms. The van der Waals surface area contributed by atoms with Crippen molar-refractivity contribution in [1.29, 1.82) is 5.26 Å². The Balaban J connectivity index is 1.95. The average molecular weight is 333 g/mol. The summed E-state index contributed by atoms with van der Waals surface area (Å²) >= 11 is 0. The maximum Gasteiger partial charge on any atom is 0.377 e. The molecule has 124 valence electrons. The van der Waals surface area contributed by atoms with E-state index in [2.05, 4.69) is 5.32 Å². The minimum absolute atomic E-state index is 0.0700. The number of carbonyl (C=O) groups is 2. The minimum Gasteiger partial charge on any atom is -0.493 e. The summed E-state index contributed by atoms with van der Waals surface area (Å²) in [6, 6.07) is 5.13. The quantitative estimate of drug-likeness (QED) is 0.474. The van der Waals surface area contributed by atoms with Gasteiger partial charge in [-0.2, -0.15) is 5.26 Å². The summed E-state index contributed by atoms with van der Waals surface area (Å²) in [6.07, 6.45) is 1.09. The molecule has 1 aliphatic heterocycles. The maximum absolute atomic E-state index is 11.8. The summed E-state index contributed by atoms with van der Waals surface area (Å²) in [7, 11) is 0. The number of benzene rings is 1. The first-order valence-corrected chi connectivity index (χ1v) is 6.61. The van der Waals surface area contributed by atoms with Crippen LogP contribution in [-0.2, 0) is 23.8 Å². The lowest BCUT2D eigenvalue weighted by Crippen LogP contribution is -2.24. The Morgan fingerprint density at radius 3 is 2.83 bits per heavy atom. The fourth-order valence-corrected chi connectivity index (χ4v) is 1.71. The number of non-ortho nitro benzene ring substituents is 1. The highest BCUT2D eigenvalue weighted by Gasteiger charge is 2.19. The van der Waals surface area contributed by atoms with E-state index in [4.69, 9.17) is 19.5 Å². The van der Waals surface area contributed by atoms with E-state index in [-0.39, 0.29) is 29.3 Å². The fraction of sp³-hybridized carbons (Fsp3) is 0.214. The predicted molar refractivity (Wildman–Crippen MR) is 77.4 cm³/mol. The second-order valence-electron chi connectivity index (χ2n) is 4.42. The van der Waals surface area contributed by atoms with Crippen molar-refractivity contribution in [3.05, 3.63) is 45.9 Å². The molecule has 0 aromatic heterocycles. The molecule has 0 unspecified atom stereocenters. The second kappa shape index (κ2) is 7.59. The van der Waals surface area contributed by atoms with E-state index < -0.39 is 23.4 Å². The first-order valence-electron chi connectivity index (χ1n) is 6.61. The number of nitrogens with zero attached hydrogens (tertiary/aromatic N) is 2. The van der Waals surface area contributed by atoms with Crippen LogP contribution in [0.25, 0.3) is 0 Å². The number of amides is 1. The maximum atomic E-state index is 11.8. The molecule has 0 radical (unpaired) electrons. The van der Waals surface area contributed by atoms with E-state index in [0.717, 1.165) is 18.4 Å². The number of nitro benzene ring substituents is 1. The highest BCUT2D eigenvalue weighted by molar-refractivity contribution is 5.95. The van der Waals surface area contributed by atoms with Crippen LogP contribution >= 0.6 is 0 Å². The van der Waals surface area contributed by atoms with Gasteiger partial charge in [-0.1, -0.05) is 0 Å². The van der Waals surface area contributed by atoms with Crippen LogP contribution in [0, 0.1) is 21.4 Å². The molecule has 1 aromatic carbocycles. The van der Waals surface area contributed by atoms with Crippen molar-refractivity contribution >= 4 is 23.3 Å². The van der Waals surface area contributed by atoms with Crippen molar-refractivity contribution < 1.29 is 28.7 Å². The predicted octanol–water partition coefficient (Wildman–Crippen LogP) is 0.836. The largest absolute Gasteiger partial charge is 0.493 e. The van der Waals surface area contributed by atoms with Gasteiger partial charge in [0.15, 0.2) is 6.61 Å². The van der Waals surface area contributed by atoms with Crippen LogP contribution in [0.15, 0.2) is 30.2 Å². The molecule has 10 nitrogen and oxygen atoms in total. The third kappa shape index (κ3) is 4.20. The highest BCUT2D eigenvalue weighted by atomic mass is 16.6. The van der Waals surface area contributed by atoms with Crippen LogP contribution in [0.4, 0.5) is 11.4 Å². The molecular formula is C14H11N3O7. The van der Waals surface area contributed by atoms with Crippen LogP contribution in [0.2, 0.25) is 0 Å². The third-order valence-electron chi connectivity index (χ3n) is 2.79. The van der Waals surface area contributed by atoms with Crippen molar-refractivity contribution in [3.63, 3.8) is 0 Å². The van der Waals surface area contributed by atoms with Crippen molar-refractivity contribution in [1.82, 2.24) is 0 Å². The zero-order chi connectivity index (χ0) is 17.5. The first-order chi connectivity index (χ1) is 11.5. The van der Waals surface area contributed by atoms with Gasteiger partial charge in [-0.25, -0.2) is 4.79 Å². The topological polar surface area (TPSA) is 141 Å². The number of nitro groups is 1. The van der Waals surface area contributed by atoms with Gasteiger partial charge in [0.2, 0.25) is 5.76 Å². The number of hydrogen-bond donors (Lipinski definition) is 1. The molecule has 0 spiro atoms. The molecule has 1 heterocycles. The summed E-state index contributed by atoms with van der Waals surface area (Å²) in [6.45, 7) is -0.114. The molecule has 24 heavy (non-hydrogen) atoms. The molecule has 0 atom stereocenters. The van der Waals surface area contributed by atoms with Crippen molar-refractivity contribution in [2.75, 3.05) is 25.1 Å². The van der Waals surface area contributed by atoms with E-state index in [9.17, 15) is 19.7 Å². The van der Waals surface area contributed by atoms with Crippen LogP contribution < -0.4 is 5.32 Å². The number of carbonyl (C=O) groups excluding carboxylic acids is 2. The Hall–Kier alpha value is -3.61. The molecule has 1 amide bonds. The highest BCUT2D eigenvalue weighted by Crippen LogP contribution is 2.21. The first kappa shape index (κ1) is 16.8. The Morgan fingerprint density at radius 2 is 2.21 bits per heavy atom. The lowest BCUT2D eigenvalue weighted by molar-refractivity contribution is -0.384. The Bertz CT molecular complexity index is 751. The van der Waals surface area contributed by atoms with Crippen molar-refractivity contribution in [2.45, 2.75) is 0 Å². The Kier molecular flexibility index (Phi) is 5.30. The van der Waals surface area contributed by atoms with Gasteiger partial charge in [-0.15, -0.1) is 0 Å². The van der Waals surface area contributed by atoms with Gasteiger partial charge in [0.25, 0.3) is 11.6 Å². The lowest BCUT2D eigenvalue weighted by atomic mass is 10.1. The molecular weight excluding hydrogens is 322 g/mol. The van der Waals surface area contributed by atoms with Crippen LogP contribution in [-0.4, -0.2) is 36.6 Å². The van der Waals surface area contributed by atoms with Gasteiger partial charge >= 0.3 is 5.97 Å². The zero-order valence-electron chi connectivity index (χ0n) is 12.2. The van der Waals surface area contributed by atoms with Gasteiger partial charge in [-0.3, -0.25) is 14.9 Å². The monoisotopic (exact) mass is 333 g/mol. The Morgan fingerprint density at radius 1 is 1.42 bits per heavy atom. The lowest BCUT2D eigenvalue weighted by Gasteiger charge is -2.14. The number of nitriles is 1. The number of nitrogens with one attached hydrogen (secondary N) is 1. The van der Waals surface area contributed by atoms with E-state index in [0.29, 0.717) is 6.61 Å². The van der Waals surface area contributed by atoms with Gasteiger partial charge in [0, 0.05) is 12.1 Å². The number of hydrogen-bond acceptors (Lipinski definition) is 8. The molecule has 0 saturated carbocycles. The summed E-state index contributed by atoms with van der Waals surface area (Å²) in [5.41, 5.74) is -0.298. The molecule has 1 aromatic rings. The van der Waals surface area contributed by atoms with Crippen molar-refractivity contribution in [3.8, 4) is 6.07 Å². The van der Waals surface area contributed by atoms with E-state index in [1.54, 1.807) is 6.07 Å². The molecule has 10 heteroatoms. The van der Waals surface area contributed by atoms with Crippen LogP contribution in [0.5, 0.6) is 0 Å². The SMILES string of the molecule is N#Cc1cc([N+](=O)[O-])ccc1NC(=O)COC(=O)C1=COCCO1. The molecule has 1 N–H and O–H groups in total. The standard InChI is InChI=1S/C14H11N3O7/c15-6-9-5-10(17(20)21)1-2-11(9)16-13(18)8-24-14(19)12-7-22-3-4-23-12/h1-2,5,7H,3-4,8H2,(H,16,18). The van der Waals surface area contributed by atoms with Gasteiger partial charge in [0.1, 0.15) is 25.5 Å². The number of rotatable bonds is 5. The Labute approximate surface area is 135 Å². The number of anilines is 1. The summed E-state index contributed by atoms with van der Waals surface area (Å²) < 4.78 is 14.6. The summed E-state index contributed by atoms with van der Waals surface area (Å²) in [4.78, 5) is 33.4. The van der Waals surface area contributed by atoms with Crippen LogP contribution in [0.1, 0.15) is 5.56 Å². The smallest absolute Gasteiger partial charge is 0.377 e. The van der Waals surface area contributed by atoms with E-state index in [1.165, 1.54) is 6.07 Å². The molecule has 1 aliphatic rings. The summed E-state index contributed by atoms with van der Waals surface area (Å²) in [5, 5.41) is 22.0. The minimum atomic E-state index is -0.867. The summed E-state index contributed by atoms with van der Waals surface area (Å²) in [5.74, 6) is -1.73. The van der Waals surface area contributed by atoms with Gasteiger partial charge in [-0.05, 0) is 6.07 Å². The van der Waals surface area contributed by atoms with Gasteiger partial charge < -0.3 is 19.5 Å². The van der Waals surface area contributed by atoms with E-state index in [1.807, 2.05) is 0 Å². The van der Waals surface area contributed by atoms with Crippen LogP contribution in [0.3, 0.4) is 0 Å². The fourth-order valence-electron chi connectivity index (χ4n) is 1.71. The normalized spacial score (nSPS) is 12.7. The second-order valence-corrected chi connectivity index (χ2v) is 4.42. The number of ether oxygens (including phenoxy) is 3. The third-order valence-corrected chi connectivity index (χ3v) is 2.79. The van der Waals surface area contributed by atoms with E-state index >= 15 is 0 Å². The number of esters is 1.